The minimum Gasteiger partial charge on any atom is -0.465 e. The number of ether oxygens (including phenoxy) is 1. The van der Waals surface area contributed by atoms with Gasteiger partial charge < -0.3 is 4.74 Å². The summed E-state index contributed by atoms with van der Waals surface area (Å²) in [6.45, 7) is 3.84. The second-order valence-electron chi connectivity index (χ2n) is 6.94. The highest BCUT2D eigenvalue weighted by Gasteiger charge is 2.28. The van der Waals surface area contributed by atoms with Crippen LogP contribution in [0.15, 0.2) is 70.6 Å². The van der Waals surface area contributed by atoms with Crippen molar-refractivity contribution in [1.82, 2.24) is 29.6 Å². The predicted octanol–water partition coefficient (Wildman–Crippen LogP) is 2.86. The molecule has 4 rings (SSSR count). The van der Waals surface area contributed by atoms with Gasteiger partial charge in [-0.2, -0.15) is 4.68 Å². The number of benzene rings is 2. The summed E-state index contributed by atoms with van der Waals surface area (Å²) in [5.74, 6) is -0.398. The zero-order chi connectivity index (χ0) is 22.7. The van der Waals surface area contributed by atoms with Crippen LogP contribution in [-0.2, 0) is 16.6 Å². The molecule has 32 heavy (non-hydrogen) atoms. The molecule has 0 aliphatic carbocycles. The van der Waals surface area contributed by atoms with Gasteiger partial charge in [0.05, 0.1) is 18.0 Å². The fourth-order valence-electron chi connectivity index (χ4n) is 3.39. The fourth-order valence-corrected chi connectivity index (χ4v) is 4.37. The average molecular weight is 451 g/mol. The molecule has 2 aromatic heterocycles. The Bertz CT molecular complexity index is 1280. The molecule has 4 aromatic rings. The Labute approximate surface area is 188 Å². The first-order chi connectivity index (χ1) is 15.5. The molecule has 1 unspecified atom stereocenters. The summed E-state index contributed by atoms with van der Waals surface area (Å²) in [6, 6.07) is 18.6. The van der Waals surface area contributed by atoms with Crippen molar-refractivity contribution >= 4 is 17.7 Å². The molecule has 0 saturated heterocycles. The normalized spacial score (nSPS) is 12.0. The van der Waals surface area contributed by atoms with Gasteiger partial charge in [0.2, 0.25) is 5.16 Å². The molecule has 0 fully saturated rings. The number of aromatic nitrogens is 6. The molecule has 2 aromatic carbocycles. The standard InChI is InChI=1S/C22H22N6O3S/c1-4-31-21(30)19(16-11-7-5-8-12-16)32-22-23-24-25-27(22)18-15(2)26(3)28(20(18)29)17-13-9-6-10-14-17/h5-14,19H,4H2,1-3H3. The van der Waals surface area contributed by atoms with Gasteiger partial charge in [0.15, 0.2) is 5.69 Å². The van der Waals surface area contributed by atoms with Crippen LogP contribution in [-0.4, -0.2) is 42.1 Å². The van der Waals surface area contributed by atoms with Crippen molar-refractivity contribution in [3.05, 3.63) is 82.3 Å². The molecule has 0 aliphatic heterocycles. The molecule has 1 atom stereocenters. The first kappa shape index (κ1) is 21.6. The first-order valence-electron chi connectivity index (χ1n) is 10.0. The summed E-state index contributed by atoms with van der Waals surface area (Å²) in [7, 11) is 1.80. The second kappa shape index (κ2) is 9.23. The van der Waals surface area contributed by atoms with E-state index in [-0.39, 0.29) is 12.2 Å². The quantitative estimate of drug-likeness (QED) is 0.315. The van der Waals surface area contributed by atoms with Crippen molar-refractivity contribution in [2.75, 3.05) is 6.61 Å². The van der Waals surface area contributed by atoms with Gasteiger partial charge in [-0.15, -0.1) is 5.10 Å². The van der Waals surface area contributed by atoms with E-state index in [0.29, 0.717) is 16.5 Å². The maximum atomic E-state index is 13.4. The largest absolute Gasteiger partial charge is 0.465 e. The van der Waals surface area contributed by atoms with Crippen LogP contribution in [0.4, 0.5) is 0 Å². The third kappa shape index (κ3) is 3.96. The maximum absolute atomic E-state index is 13.4. The zero-order valence-electron chi connectivity index (χ0n) is 17.9. The SMILES string of the molecule is CCOC(=O)C(Sc1nnnn1-c1c(C)n(C)n(-c2ccccc2)c1=O)c1ccccc1. The maximum Gasteiger partial charge on any atom is 0.324 e. The molecular weight excluding hydrogens is 428 g/mol. The predicted molar refractivity (Wildman–Crippen MR) is 120 cm³/mol. The van der Waals surface area contributed by atoms with E-state index >= 15 is 0 Å². The van der Waals surface area contributed by atoms with Crippen LogP contribution in [0.25, 0.3) is 11.4 Å². The van der Waals surface area contributed by atoms with Crippen LogP contribution < -0.4 is 5.56 Å². The lowest BCUT2D eigenvalue weighted by Crippen LogP contribution is -2.22. The summed E-state index contributed by atoms with van der Waals surface area (Å²) in [5, 5.41) is 11.6. The zero-order valence-corrected chi connectivity index (χ0v) is 18.7. The number of esters is 1. The van der Waals surface area contributed by atoms with Crippen molar-refractivity contribution in [3.63, 3.8) is 0 Å². The summed E-state index contributed by atoms with van der Waals surface area (Å²) < 4.78 is 9.97. The van der Waals surface area contributed by atoms with Crippen molar-refractivity contribution in [2.45, 2.75) is 24.3 Å². The van der Waals surface area contributed by atoms with Crippen LogP contribution in [0.5, 0.6) is 0 Å². The van der Waals surface area contributed by atoms with Gasteiger partial charge in [0.25, 0.3) is 5.56 Å². The Balaban J connectivity index is 1.78. The molecule has 9 nitrogen and oxygen atoms in total. The van der Waals surface area contributed by atoms with Gasteiger partial charge in [-0.25, -0.2) is 4.68 Å². The lowest BCUT2D eigenvalue weighted by Gasteiger charge is -2.14. The molecule has 0 spiro atoms. The van der Waals surface area contributed by atoms with E-state index in [1.165, 1.54) is 4.68 Å². The van der Waals surface area contributed by atoms with Crippen molar-refractivity contribution < 1.29 is 9.53 Å². The highest BCUT2D eigenvalue weighted by atomic mass is 32.2. The molecule has 0 amide bonds. The summed E-state index contributed by atoms with van der Waals surface area (Å²) in [6.07, 6.45) is 0. The van der Waals surface area contributed by atoms with E-state index in [1.807, 2.05) is 67.6 Å². The van der Waals surface area contributed by atoms with Crippen molar-refractivity contribution in [3.8, 4) is 11.4 Å². The van der Waals surface area contributed by atoms with Gasteiger partial charge in [0, 0.05) is 7.05 Å². The van der Waals surface area contributed by atoms with Crippen LogP contribution in [0, 0.1) is 6.92 Å². The third-order valence-electron chi connectivity index (χ3n) is 5.00. The molecule has 2 heterocycles. The highest BCUT2D eigenvalue weighted by Crippen LogP contribution is 2.35. The lowest BCUT2D eigenvalue weighted by molar-refractivity contribution is -0.142. The Morgan fingerprint density at radius 2 is 1.75 bits per heavy atom. The Morgan fingerprint density at radius 1 is 1.09 bits per heavy atom. The van der Waals surface area contributed by atoms with E-state index < -0.39 is 11.2 Å². The van der Waals surface area contributed by atoms with E-state index in [0.717, 1.165) is 23.0 Å². The minimum atomic E-state index is -0.679. The number of rotatable bonds is 7. The molecular formula is C22H22N6O3S. The fraction of sp³-hybridized carbons (Fsp3) is 0.227. The topological polar surface area (TPSA) is 96.8 Å². The third-order valence-corrected chi connectivity index (χ3v) is 6.17. The number of hydrogen-bond donors (Lipinski definition) is 0. The van der Waals surface area contributed by atoms with E-state index in [1.54, 1.807) is 23.3 Å². The molecule has 0 N–H and O–H groups in total. The number of thioether (sulfide) groups is 1. The molecule has 0 bridgehead atoms. The first-order valence-corrected chi connectivity index (χ1v) is 10.9. The Hall–Kier alpha value is -3.66. The second-order valence-corrected chi connectivity index (χ2v) is 8.02. The van der Waals surface area contributed by atoms with E-state index in [2.05, 4.69) is 15.5 Å². The lowest BCUT2D eigenvalue weighted by atomic mass is 10.1. The number of para-hydroxylation sites is 1. The highest BCUT2D eigenvalue weighted by molar-refractivity contribution is 8.00. The molecule has 164 valence electrons. The monoisotopic (exact) mass is 450 g/mol. The van der Waals surface area contributed by atoms with Crippen LogP contribution >= 0.6 is 11.8 Å². The number of nitrogens with zero attached hydrogens (tertiary/aromatic N) is 6. The molecule has 0 radical (unpaired) electrons. The van der Waals surface area contributed by atoms with Crippen molar-refractivity contribution in [2.24, 2.45) is 7.05 Å². The Morgan fingerprint density at radius 3 is 2.41 bits per heavy atom. The Kier molecular flexibility index (Phi) is 6.22. The minimum absolute atomic E-state index is 0.257. The van der Waals surface area contributed by atoms with Crippen LogP contribution in [0.2, 0.25) is 0 Å². The summed E-state index contributed by atoms with van der Waals surface area (Å²) in [5.41, 5.74) is 2.22. The van der Waals surface area contributed by atoms with Gasteiger partial charge >= 0.3 is 5.97 Å². The number of hydrogen-bond acceptors (Lipinski definition) is 7. The molecule has 0 saturated carbocycles. The summed E-state index contributed by atoms with van der Waals surface area (Å²) in [4.78, 5) is 26.1. The van der Waals surface area contributed by atoms with Gasteiger partial charge in [-0.1, -0.05) is 60.3 Å². The van der Waals surface area contributed by atoms with Gasteiger partial charge in [-0.3, -0.25) is 14.3 Å². The van der Waals surface area contributed by atoms with Gasteiger partial charge in [-0.05, 0) is 42.0 Å². The number of carbonyl (C=O) groups excluding carboxylic acids is 1. The average Bonchev–Trinajstić information content (AvgIpc) is 3.34. The van der Waals surface area contributed by atoms with Crippen LogP contribution in [0.1, 0.15) is 23.4 Å². The van der Waals surface area contributed by atoms with Gasteiger partial charge in [0.1, 0.15) is 5.25 Å². The molecule has 10 heteroatoms. The number of tetrazole rings is 1. The van der Waals surface area contributed by atoms with Crippen molar-refractivity contribution in [1.29, 1.82) is 0 Å². The van der Waals surface area contributed by atoms with E-state index in [4.69, 9.17) is 4.74 Å². The smallest absolute Gasteiger partial charge is 0.324 e. The summed E-state index contributed by atoms with van der Waals surface area (Å²) >= 11 is 1.14. The van der Waals surface area contributed by atoms with Crippen LogP contribution in [0.3, 0.4) is 0 Å². The molecule has 0 aliphatic rings. The number of carbonyl (C=O) groups is 1. The van der Waals surface area contributed by atoms with E-state index in [9.17, 15) is 9.59 Å².